The molecule has 0 heterocycles. The van der Waals surface area contributed by atoms with Crippen LogP contribution in [0.2, 0.25) is 0 Å². The third-order valence-corrected chi connectivity index (χ3v) is 8.76. The molecule has 0 aliphatic carbocycles. The Morgan fingerprint density at radius 3 is 1.31 bits per heavy atom. The highest BCUT2D eigenvalue weighted by Crippen LogP contribution is 2.23. The summed E-state index contributed by atoms with van der Waals surface area (Å²) < 4.78 is 45.2. The molecule has 0 aliphatic rings. The monoisotopic (exact) mass is 434 g/mol. The summed E-state index contributed by atoms with van der Waals surface area (Å²) in [6.45, 7) is 0. The van der Waals surface area contributed by atoms with Crippen LogP contribution >= 0.6 is 23.2 Å². The summed E-state index contributed by atoms with van der Waals surface area (Å²) in [5.41, 5.74) is 0.869. The van der Waals surface area contributed by atoms with Crippen molar-refractivity contribution in [2.24, 2.45) is 0 Å². The molecule has 0 radical (unpaired) electrons. The number of hydrogen-bond donors (Lipinski definition) is 0. The molecule has 0 saturated heterocycles. The van der Waals surface area contributed by atoms with Gasteiger partial charge in [-0.25, -0.2) is 16.8 Å². The Bertz CT molecular complexity index is 879. The Morgan fingerprint density at radius 2 is 1.00 bits per heavy atom. The van der Waals surface area contributed by atoms with Gasteiger partial charge < -0.3 is 0 Å². The fourth-order valence-corrected chi connectivity index (χ4v) is 5.73. The first kappa shape index (κ1) is 20.9. The molecular weight excluding hydrogens is 419 g/mol. The lowest BCUT2D eigenvalue weighted by molar-refractivity contribution is -0.115. The van der Waals surface area contributed by atoms with Crippen LogP contribution in [0.5, 0.6) is 0 Å². The second kappa shape index (κ2) is 8.52. The predicted molar refractivity (Wildman–Crippen MR) is 102 cm³/mol. The van der Waals surface area contributed by atoms with Crippen molar-refractivity contribution < 1.29 is 21.6 Å². The van der Waals surface area contributed by atoms with Crippen molar-refractivity contribution in [2.45, 2.75) is 20.9 Å². The van der Waals surface area contributed by atoms with Gasteiger partial charge in [-0.1, -0.05) is 83.9 Å². The summed E-state index contributed by atoms with van der Waals surface area (Å²) in [5, 5.41) is 0. The van der Waals surface area contributed by atoms with Crippen molar-refractivity contribution in [1.29, 1.82) is 0 Å². The molecule has 2 atom stereocenters. The van der Waals surface area contributed by atoms with E-state index in [-0.39, 0.29) is 0 Å². The lowest BCUT2D eigenvalue weighted by atomic mass is 10.2. The predicted octanol–water partition coefficient (Wildman–Crippen LogP) is 2.92. The molecule has 9 heteroatoms. The first-order valence-electron chi connectivity index (χ1n) is 7.46. The van der Waals surface area contributed by atoms with E-state index in [0.29, 0.717) is 11.1 Å². The van der Waals surface area contributed by atoms with Crippen molar-refractivity contribution in [3.05, 3.63) is 71.8 Å². The Morgan fingerprint density at radius 1 is 0.692 bits per heavy atom. The molecule has 0 spiro atoms. The van der Waals surface area contributed by atoms with Crippen LogP contribution in [0.25, 0.3) is 0 Å². The summed E-state index contributed by atoms with van der Waals surface area (Å²) in [7, 11) is -8.25. The van der Waals surface area contributed by atoms with E-state index in [9.17, 15) is 21.6 Å². The first-order chi connectivity index (χ1) is 12.1. The Balaban J connectivity index is 2.15. The average molecular weight is 435 g/mol. The van der Waals surface area contributed by atoms with E-state index in [1.54, 1.807) is 60.7 Å². The van der Waals surface area contributed by atoms with Gasteiger partial charge in [0.15, 0.2) is 34.9 Å². The van der Waals surface area contributed by atoms with E-state index in [1.165, 1.54) is 0 Å². The van der Waals surface area contributed by atoms with Gasteiger partial charge >= 0.3 is 0 Å². The summed E-state index contributed by atoms with van der Waals surface area (Å²) in [6, 6.07) is 16.3. The largest absolute Gasteiger partial charge is 0.294 e. The summed E-state index contributed by atoms with van der Waals surface area (Å²) in [4.78, 5) is 12.3. The quantitative estimate of drug-likeness (QED) is 0.596. The van der Waals surface area contributed by atoms with Gasteiger partial charge in [-0.05, 0) is 11.1 Å². The molecule has 26 heavy (non-hydrogen) atoms. The molecule has 0 amide bonds. The smallest absolute Gasteiger partial charge is 0.199 e. The number of ketones is 1. The van der Waals surface area contributed by atoms with Gasteiger partial charge in [-0.2, -0.15) is 0 Å². The molecule has 5 nitrogen and oxygen atoms in total. The van der Waals surface area contributed by atoms with E-state index < -0.39 is 46.4 Å². The zero-order valence-corrected chi connectivity index (χ0v) is 16.6. The van der Waals surface area contributed by atoms with Gasteiger partial charge in [0.1, 0.15) is 0 Å². The third-order valence-electron chi connectivity index (χ3n) is 3.50. The highest BCUT2D eigenvalue weighted by molar-refractivity contribution is 7.95. The van der Waals surface area contributed by atoms with E-state index in [4.69, 9.17) is 23.2 Å². The summed E-state index contributed by atoms with van der Waals surface area (Å²) >= 11 is 11.6. The molecule has 2 aromatic carbocycles. The van der Waals surface area contributed by atoms with Crippen LogP contribution in [-0.2, 0) is 36.0 Å². The molecule has 0 N–H and O–H groups in total. The van der Waals surface area contributed by atoms with Gasteiger partial charge in [0.2, 0.25) is 0 Å². The minimum atomic E-state index is -4.12. The number of benzene rings is 2. The molecule has 2 unspecified atom stereocenters. The number of alkyl halides is 2. The number of carbonyl (C=O) groups is 1. The second-order valence-electron chi connectivity index (χ2n) is 5.62. The van der Waals surface area contributed by atoms with E-state index in [1.807, 2.05) is 0 Å². The highest BCUT2D eigenvalue weighted by atomic mass is 35.5. The molecule has 2 aromatic rings. The normalized spacial score (nSPS) is 14.5. The van der Waals surface area contributed by atoms with Crippen LogP contribution in [0.4, 0.5) is 0 Å². The van der Waals surface area contributed by atoms with Gasteiger partial charge in [0.05, 0.1) is 11.5 Å². The van der Waals surface area contributed by atoms with Crippen molar-refractivity contribution in [3.63, 3.8) is 0 Å². The fourth-order valence-electron chi connectivity index (χ4n) is 2.22. The van der Waals surface area contributed by atoms with Crippen LogP contribution in [0, 0.1) is 0 Å². The van der Waals surface area contributed by atoms with Gasteiger partial charge in [0.25, 0.3) is 0 Å². The topological polar surface area (TPSA) is 85.3 Å². The van der Waals surface area contributed by atoms with E-state index in [0.717, 1.165) is 0 Å². The van der Waals surface area contributed by atoms with Crippen LogP contribution in [0.3, 0.4) is 0 Å². The third kappa shape index (κ3) is 5.30. The number of rotatable bonds is 8. The van der Waals surface area contributed by atoms with Crippen molar-refractivity contribution >= 4 is 48.7 Å². The van der Waals surface area contributed by atoms with Crippen LogP contribution < -0.4 is 0 Å². The zero-order chi connectivity index (χ0) is 19.4. The number of hydrogen-bond acceptors (Lipinski definition) is 5. The number of Topliss-reactive ketones (excluding diaryl/α,β-unsaturated/α-hetero) is 1. The number of sulfone groups is 2. The van der Waals surface area contributed by atoms with E-state index in [2.05, 4.69) is 0 Å². The molecule has 140 valence electrons. The highest BCUT2D eigenvalue weighted by Gasteiger charge is 2.40. The maximum atomic E-state index is 12.3. The standard InChI is InChI=1S/C17H16Cl2O5S2/c18-16(25(21,22)11-13-7-3-1-4-8-13)15(20)17(19)26(23,24)12-14-9-5-2-6-10-14/h1-10,16-17H,11-12H2. The van der Waals surface area contributed by atoms with Gasteiger partial charge in [0, 0.05) is 0 Å². The molecule has 0 fully saturated rings. The second-order valence-corrected chi connectivity index (χ2v) is 11.2. The molecule has 0 aliphatic heterocycles. The fraction of sp³-hybridized carbons (Fsp3) is 0.235. The van der Waals surface area contributed by atoms with Crippen molar-refractivity contribution in [3.8, 4) is 0 Å². The number of carbonyl (C=O) groups excluding carboxylic acids is 1. The van der Waals surface area contributed by atoms with Crippen LogP contribution in [0.15, 0.2) is 60.7 Å². The lowest BCUT2D eigenvalue weighted by Gasteiger charge is -2.15. The van der Waals surface area contributed by atoms with E-state index >= 15 is 0 Å². The minimum Gasteiger partial charge on any atom is -0.294 e. The summed E-state index contributed by atoms with van der Waals surface area (Å²) in [5.74, 6) is -2.24. The van der Waals surface area contributed by atoms with Gasteiger partial charge in [-0.3, -0.25) is 4.79 Å². The SMILES string of the molecule is O=C(C(Cl)S(=O)(=O)Cc1ccccc1)C(Cl)S(=O)(=O)Cc1ccccc1. The molecule has 0 aromatic heterocycles. The average Bonchev–Trinajstić information content (AvgIpc) is 2.60. The maximum Gasteiger partial charge on any atom is 0.199 e. The zero-order valence-electron chi connectivity index (χ0n) is 13.5. The molecule has 0 bridgehead atoms. The van der Waals surface area contributed by atoms with Crippen molar-refractivity contribution in [2.75, 3.05) is 0 Å². The minimum absolute atomic E-state index is 0.434. The lowest BCUT2D eigenvalue weighted by Crippen LogP contribution is -2.37. The maximum absolute atomic E-state index is 12.3. The Labute approximate surface area is 162 Å². The molecule has 0 saturated carbocycles. The molecule has 2 rings (SSSR count). The number of halogens is 2. The van der Waals surface area contributed by atoms with Crippen LogP contribution in [-0.4, -0.2) is 32.0 Å². The first-order valence-corrected chi connectivity index (χ1v) is 11.8. The van der Waals surface area contributed by atoms with Crippen LogP contribution in [0.1, 0.15) is 11.1 Å². The Kier molecular flexibility index (Phi) is 6.85. The van der Waals surface area contributed by atoms with Crippen molar-refractivity contribution in [1.82, 2.24) is 0 Å². The summed E-state index contributed by atoms with van der Waals surface area (Å²) in [6.07, 6.45) is 0. The Hall–Kier alpha value is -1.41. The molecular formula is C17H16Cl2O5S2. The van der Waals surface area contributed by atoms with Gasteiger partial charge in [-0.15, -0.1) is 0 Å².